The molecule has 3 N–H and O–H groups in total. The van der Waals surface area contributed by atoms with Crippen LogP contribution >= 0.6 is 0 Å². The van der Waals surface area contributed by atoms with Gasteiger partial charge in [-0.3, -0.25) is 14.6 Å². The van der Waals surface area contributed by atoms with Gasteiger partial charge in [-0.05, 0) is 31.5 Å². The van der Waals surface area contributed by atoms with E-state index in [9.17, 15) is 22.4 Å². The maximum atomic E-state index is 14.5. The molecule has 1 aliphatic heterocycles. The van der Waals surface area contributed by atoms with Crippen LogP contribution in [-0.4, -0.2) is 70.9 Å². The molecule has 1 aliphatic rings. The summed E-state index contributed by atoms with van der Waals surface area (Å²) >= 11 is 0. The van der Waals surface area contributed by atoms with E-state index in [4.69, 9.17) is 15.1 Å². The third-order valence-corrected chi connectivity index (χ3v) is 7.63. The zero-order chi connectivity index (χ0) is 23.7. The summed E-state index contributed by atoms with van der Waals surface area (Å²) in [5, 5.41) is 17.7. The van der Waals surface area contributed by atoms with Crippen molar-refractivity contribution in [1.82, 2.24) is 14.9 Å². The van der Waals surface area contributed by atoms with Crippen LogP contribution < -0.4 is 10.2 Å². The van der Waals surface area contributed by atoms with E-state index in [1.54, 1.807) is 12.1 Å². The molecule has 2 amide bonds. The average Bonchev–Trinajstić information content (AvgIpc) is 3.28. The molecule has 2 heterocycles. The molecular formula is C20H24FN3O7S. The number of carbonyl (C=O) groups excluding carboxylic acids is 2. The third-order valence-electron chi connectivity index (χ3n) is 5.60. The van der Waals surface area contributed by atoms with Crippen molar-refractivity contribution >= 4 is 21.8 Å². The van der Waals surface area contributed by atoms with Gasteiger partial charge in [-0.15, -0.1) is 0 Å². The Labute approximate surface area is 184 Å². The van der Waals surface area contributed by atoms with Gasteiger partial charge in [0.05, 0.1) is 13.2 Å². The fourth-order valence-electron chi connectivity index (χ4n) is 3.46. The van der Waals surface area contributed by atoms with Gasteiger partial charge in [0.15, 0.2) is 14.6 Å². The number of aromatic nitrogens is 1. The fourth-order valence-corrected chi connectivity index (χ4v) is 4.31. The van der Waals surface area contributed by atoms with Crippen molar-refractivity contribution in [3.8, 4) is 16.9 Å². The Bertz CT molecular complexity index is 1150. The normalized spacial score (nSPS) is 15.4. The highest BCUT2D eigenvalue weighted by Crippen LogP contribution is 2.31. The topological polar surface area (TPSA) is 138 Å². The number of hydrogen-bond acceptors (Lipinski definition) is 7. The Hall–Kier alpha value is -2.96. The molecular weight excluding hydrogens is 445 g/mol. The number of carbonyl (C=O) groups is 2. The number of aliphatic hydroxyl groups excluding tert-OH is 1. The highest BCUT2D eigenvalue weighted by Gasteiger charge is 2.44. The number of ether oxygens (including phenoxy) is 1. The summed E-state index contributed by atoms with van der Waals surface area (Å²) in [5.41, 5.74) is 2.71. The van der Waals surface area contributed by atoms with Crippen LogP contribution in [0.4, 0.5) is 9.18 Å². The number of fused-ring (bicyclic) bond motifs is 1. The lowest BCUT2D eigenvalue weighted by Gasteiger charge is -2.27. The molecule has 1 aromatic carbocycles. The second-order valence-corrected chi connectivity index (χ2v) is 10.1. The molecule has 10 nitrogen and oxygen atoms in total. The quantitative estimate of drug-likeness (QED) is 0.370. The molecule has 3 rings (SSSR count). The van der Waals surface area contributed by atoms with Crippen LogP contribution in [0.1, 0.15) is 19.0 Å². The zero-order valence-corrected chi connectivity index (χ0v) is 18.4. The van der Waals surface area contributed by atoms with Crippen LogP contribution in [0.25, 0.3) is 11.1 Å². The van der Waals surface area contributed by atoms with E-state index in [0.29, 0.717) is 11.3 Å². The van der Waals surface area contributed by atoms with Crippen molar-refractivity contribution in [2.24, 2.45) is 0 Å². The Kier molecular flexibility index (Phi) is 6.58. The Balaban J connectivity index is 1.75. The first-order valence-electron chi connectivity index (χ1n) is 9.70. The first-order valence-corrected chi connectivity index (χ1v) is 11.6. The molecule has 0 aliphatic carbocycles. The van der Waals surface area contributed by atoms with Crippen LogP contribution in [0.2, 0.25) is 0 Å². The van der Waals surface area contributed by atoms with Crippen molar-refractivity contribution in [2.75, 3.05) is 26.0 Å². The van der Waals surface area contributed by atoms with E-state index in [0.717, 1.165) is 6.26 Å². The first-order chi connectivity index (χ1) is 15.0. The number of nitrogens with one attached hydrogen (secondary N) is 1. The summed E-state index contributed by atoms with van der Waals surface area (Å²) in [6.45, 7) is 1.14. The van der Waals surface area contributed by atoms with Gasteiger partial charge in [-0.1, -0.05) is 0 Å². The SMILES string of the molecule is C[C@@](CCN1Cc2cc(-c3ccc(OCCO)cc3F)cn2C1=O)(C(=O)NO)S(C)(=O)=O. The van der Waals surface area contributed by atoms with Crippen molar-refractivity contribution in [3.63, 3.8) is 0 Å². The largest absolute Gasteiger partial charge is 0.491 e. The lowest BCUT2D eigenvalue weighted by molar-refractivity contribution is -0.131. The smallest absolute Gasteiger partial charge is 0.328 e. The molecule has 0 spiro atoms. The van der Waals surface area contributed by atoms with Crippen LogP contribution in [0.15, 0.2) is 30.5 Å². The Morgan fingerprint density at radius 1 is 1.34 bits per heavy atom. The van der Waals surface area contributed by atoms with E-state index in [1.807, 2.05) is 0 Å². The van der Waals surface area contributed by atoms with E-state index < -0.39 is 32.3 Å². The predicted molar refractivity (Wildman–Crippen MR) is 111 cm³/mol. The number of sulfone groups is 1. The highest BCUT2D eigenvalue weighted by molar-refractivity contribution is 7.92. The number of hydroxylamine groups is 1. The molecule has 0 bridgehead atoms. The summed E-state index contributed by atoms with van der Waals surface area (Å²) in [4.78, 5) is 26.1. The van der Waals surface area contributed by atoms with E-state index in [-0.39, 0.29) is 44.0 Å². The summed E-state index contributed by atoms with van der Waals surface area (Å²) in [5.74, 6) is -1.35. The molecule has 32 heavy (non-hydrogen) atoms. The molecule has 1 aromatic heterocycles. The zero-order valence-electron chi connectivity index (χ0n) is 17.5. The van der Waals surface area contributed by atoms with Crippen molar-refractivity contribution in [2.45, 2.75) is 24.6 Å². The van der Waals surface area contributed by atoms with Crippen LogP contribution in [0.3, 0.4) is 0 Å². The number of rotatable bonds is 9. The number of benzene rings is 1. The van der Waals surface area contributed by atoms with Crippen molar-refractivity contribution in [1.29, 1.82) is 0 Å². The molecule has 0 radical (unpaired) electrons. The van der Waals surface area contributed by atoms with Crippen molar-refractivity contribution in [3.05, 3.63) is 42.0 Å². The van der Waals surface area contributed by atoms with E-state index in [2.05, 4.69) is 0 Å². The second kappa shape index (κ2) is 8.88. The number of hydrogen-bond donors (Lipinski definition) is 3. The Morgan fingerprint density at radius 2 is 2.06 bits per heavy atom. The molecule has 0 unspecified atom stereocenters. The van der Waals surface area contributed by atoms with Gasteiger partial charge >= 0.3 is 6.03 Å². The maximum absolute atomic E-state index is 14.5. The first kappa shape index (κ1) is 23.7. The molecule has 174 valence electrons. The van der Waals surface area contributed by atoms with Gasteiger partial charge in [0.2, 0.25) is 0 Å². The van der Waals surface area contributed by atoms with E-state index in [1.165, 1.54) is 40.2 Å². The lowest BCUT2D eigenvalue weighted by Crippen LogP contribution is -2.50. The number of aliphatic hydroxyl groups is 1. The monoisotopic (exact) mass is 469 g/mol. The van der Waals surface area contributed by atoms with Gasteiger partial charge in [0, 0.05) is 41.9 Å². The standard InChI is InChI=1S/C20H24FN3O7S/c1-20(18(26)22-28,32(2,29)30)5-6-23-12-14-9-13(11-24(14)19(23)27)16-4-3-15(10-17(16)21)31-8-7-25/h3-4,9-11,25,28H,5-8,12H2,1-2H3,(H,22,26)/t20-/m1/s1. The third kappa shape index (κ3) is 4.33. The minimum Gasteiger partial charge on any atom is -0.491 e. The summed E-state index contributed by atoms with van der Waals surface area (Å²) in [6, 6.07) is 5.49. The van der Waals surface area contributed by atoms with Gasteiger partial charge in [-0.2, -0.15) is 0 Å². The predicted octanol–water partition coefficient (Wildman–Crippen LogP) is 1.15. The number of halogens is 1. The van der Waals surface area contributed by atoms with Crippen LogP contribution in [0, 0.1) is 5.82 Å². The van der Waals surface area contributed by atoms with E-state index >= 15 is 0 Å². The molecule has 0 saturated heterocycles. The Morgan fingerprint density at radius 3 is 2.62 bits per heavy atom. The van der Waals surface area contributed by atoms with Gasteiger partial charge in [-0.25, -0.2) is 23.1 Å². The summed E-state index contributed by atoms with van der Waals surface area (Å²) < 4.78 is 43.3. The molecule has 2 aromatic rings. The summed E-state index contributed by atoms with van der Waals surface area (Å²) in [7, 11) is -3.88. The molecule has 0 fully saturated rings. The highest BCUT2D eigenvalue weighted by atomic mass is 32.2. The lowest BCUT2D eigenvalue weighted by atomic mass is 10.1. The molecule has 12 heteroatoms. The molecule has 0 saturated carbocycles. The minimum absolute atomic E-state index is 0.0436. The van der Waals surface area contributed by atoms with Crippen LogP contribution in [-0.2, 0) is 21.2 Å². The molecule has 1 atom stereocenters. The summed E-state index contributed by atoms with van der Waals surface area (Å²) in [6.07, 6.45) is 2.16. The second-order valence-electron chi connectivity index (χ2n) is 7.70. The number of nitrogens with zero attached hydrogens (tertiary/aromatic N) is 2. The maximum Gasteiger partial charge on any atom is 0.328 e. The van der Waals surface area contributed by atoms with Crippen LogP contribution in [0.5, 0.6) is 5.75 Å². The number of amides is 2. The van der Waals surface area contributed by atoms with Crippen molar-refractivity contribution < 1.29 is 37.4 Å². The fraction of sp³-hybridized carbons (Fsp3) is 0.400. The average molecular weight is 469 g/mol. The van der Waals surface area contributed by atoms with Gasteiger partial charge < -0.3 is 14.7 Å². The van der Waals surface area contributed by atoms with Gasteiger partial charge in [0.25, 0.3) is 5.91 Å². The van der Waals surface area contributed by atoms with Gasteiger partial charge in [0.1, 0.15) is 18.2 Å². The minimum atomic E-state index is -3.88.